The Balaban J connectivity index is 1.68. The van der Waals surface area contributed by atoms with Crippen molar-refractivity contribution in [1.29, 1.82) is 0 Å². The van der Waals surface area contributed by atoms with Crippen LogP contribution in [0.4, 0.5) is 8.78 Å². The molecule has 3 nitrogen and oxygen atoms in total. The van der Waals surface area contributed by atoms with Gasteiger partial charge in [-0.15, -0.1) is 0 Å². The second-order valence-electron chi connectivity index (χ2n) is 5.71. The van der Waals surface area contributed by atoms with Gasteiger partial charge < -0.3 is 10.2 Å². The molecule has 108 valence electrons. The van der Waals surface area contributed by atoms with E-state index in [1.807, 2.05) is 11.8 Å². The molecular weight excluding hydrogens is 262 g/mol. The van der Waals surface area contributed by atoms with E-state index in [9.17, 15) is 13.6 Å². The Morgan fingerprint density at radius 2 is 2.15 bits per heavy atom. The average Bonchev–Trinajstić information content (AvgIpc) is 3.22. The van der Waals surface area contributed by atoms with Crippen LogP contribution in [0.1, 0.15) is 24.8 Å². The molecule has 20 heavy (non-hydrogen) atoms. The number of benzene rings is 1. The highest BCUT2D eigenvalue weighted by Crippen LogP contribution is 2.48. The predicted molar refractivity (Wildman–Crippen MR) is 71.3 cm³/mol. The van der Waals surface area contributed by atoms with E-state index >= 15 is 0 Å². The summed E-state index contributed by atoms with van der Waals surface area (Å²) in [5.74, 6) is -1.56. The van der Waals surface area contributed by atoms with Gasteiger partial charge in [0.2, 0.25) is 5.91 Å². The lowest BCUT2D eigenvalue weighted by molar-refractivity contribution is -0.135. The fourth-order valence-corrected chi connectivity index (χ4v) is 2.96. The number of amides is 1. The van der Waals surface area contributed by atoms with E-state index in [2.05, 4.69) is 5.32 Å². The second kappa shape index (κ2) is 5.13. The highest BCUT2D eigenvalue weighted by Gasteiger charge is 2.46. The topological polar surface area (TPSA) is 32.3 Å². The Labute approximate surface area is 117 Å². The van der Waals surface area contributed by atoms with Crippen LogP contribution < -0.4 is 5.32 Å². The van der Waals surface area contributed by atoms with E-state index in [0.717, 1.165) is 37.7 Å². The first kappa shape index (κ1) is 13.5. The lowest BCUT2D eigenvalue weighted by Crippen LogP contribution is -2.52. The van der Waals surface area contributed by atoms with Gasteiger partial charge in [0.1, 0.15) is 0 Å². The standard InChI is InChI=1S/C15H18F2N2O/c1-9-8-18-4-5-19(9)15(20)12-7-11(12)10-2-3-13(16)14(17)6-10/h2-3,6,9,11-12,18H,4-5,7-8H2,1H3/t9-,11+,12+/m1/s1. The van der Waals surface area contributed by atoms with Crippen molar-refractivity contribution in [3.63, 3.8) is 0 Å². The third kappa shape index (κ3) is 2.42. The second-order valence-corrected chi connectivity index (χ2v) is 5.71. The van der Waals surface area contributed by atoms with Crippen LogP contribution in [0.2, 0.25) is 0 Å². The van der Waals surface area contributed by atoms with Crippen molar-refractivity contribution in [1.82, 2.24) is 10.2 Å². The Morgan fingerprint density at radius 3 is 2.85 bits per heavy atom. The number of halogens is 2. The van der Waals surface area contributed by atoms with Gasteiger partial charge in [-0.25, -0.2) is 8.78 Å². The molecule has 1 saturated heterocycles. The van der Waals surface area contributed by atoms with E-state index in [4.69, 9.17) is 0 Å². The molecule has 0 bridgehead atoms. The van der Waals surface area contributed by atoms with Gasteiger partial charge in [0.25, 0.3) is 0 Å². The smallest absolute Gasteiger partial charge is 0.226 e. The van der Waals surface area contributed by atoms with E-state index in [1.54, 1.807) is 6.07 Å². The third-order valence-corrected chi connectivity index (χ3v) is 4.26. The van der Waals surface area contributed by atoms with Crippen LogP contribution in [0.3, 0.4) is 0 Å². The van der Waals surface area contributed by atoms with Gasteiger partial charge in [-0.05, 0) is 37.0 Å². The fraction of sp³-hybridized carbons (Fsp3) is 0.533. The minimum absolute atomic E-state index is 0.0414. The van der Waals surface area contributed by atoms with Crippen molar-refractivity contribution in [2.45, 2.75) is 25.3 Å². The molecule has 1 aromatic carbocycles. The van der Waals surface area contributed by atoms with Crippen LogP contribution in [0.25, 0.3) is 0 Å². The highest BCUT2D eigenvalue weighted by atomic mass is 19.2. The van der Waals surface area contributed by atoms with Crippen molar-refractivity contribution in [2.75, 3.05) is 19.6 Å². The Morgan fingerprint density at radius 1 is 1.35 bits per heavy atom. The summed E-state index contributed by atoms with van der Waals surface area (Å²) in [6.45, 7) is 4.38. The summed E-state index contributed by atoms with van der Waals surface area (Å²) >= 11 is 0. The molecule has 3 rings (SSSR count). The monoisotopic (exact) mass is 280 g/mol. The Kier molecular flexibility index (Phi) is 3.46. The molecule has 3 atom stereocenters. The summed E-state index contributed by atoms with van der Waals surface area (Å²) < 4.78 is 26.2. The molecule has 2 aliphatic rings. The average molecular weight is 280 g/mol. The third-order valence-electron chi connectivity index (χ3n) is 4.26. The fourth-order valence-electron chi connectivity index (χ4n) is 2.96. The molecule has 1 N–H and O–H groups in total. The number of hydrogen-bond acceptors (Lipinski definition) is 2. The summed E-state index contributed by atoms with van der Waals surface area (Å²) in [5, 5.41) is 3.25. The maximum absolute atomic E-state index is 13.2. The predicted octanol–water partition coefficient (Wildman–Crippen LogP) is 1.89. The van der Waals surface area contributed by atoms with Crippen LogP contribution in [0, 0.1) is 17.6 Å². The van der Waals surface area contributed by atoms with Gasteiger partial charge in [0.05, 0.1) is 0 Å². The zero-order valence-corrected chi connectivity index (χ0v) is 11.4. The molecule has 1 saturated carbocycles. The number of carbonyl (C=O) groups excluding carboxylic acids is 1. The van der Waals surface area contributed by atoms with Crippen LogP contribution >= 0.6 is 0 Å². The maximum Gasteiger partial charge on any atom is 0.226 e. The maximum atomic E-state index is 13.2. The SMILES string of the molecule is C[C@@H]1CNCCN1C(=O)[C@H]1C[C@H]1c1ccc(F)c(F)c1. The summed E-state index contributed by atoms with van der Waals surface area (Å²) in [5.41, 5.74) is 0.727. The summed E-state index contributed by atoms with van der Waals surface area (Å²) in [6, 6.07) is 4.13. The van der Waals surface area contributed by atoms with Gasteiger partial charge in [-0.1, -0.05) is 6.07 Å². The Hall–Kier alpha value is -1.49. The Bertz CT molecular complexity index is 535. The molecule has 1 aliphatic heterocycles. The van der Waals surface area contributed by atoms with Crippen LogP contribution in [-0.2, 0) is 4.79 Å². The van der Waals surface area contributed by atoms with Crippen molar-refractivity contribution in [3.05, 3.63) is 35.4 Å². The van der Waals surface area contributed by atoms with Crippen LogP contribution in [-0.4, -0.2) is 36.5 Å². The highest BCUT2D eigenvalue weighted by molar-refractivity contribution is 5.83. The summed E-state index contributed by atoms with van der Waals surface area (Å²) in [6.07, 6.45) is 0.737. The van der Waals surface area contributed by atoms with E-state index < -0.39 is 11.6 Å². The van der Waals surface area contributed by atoms with E-state index in [0.29, 0.717) is 0 Å². The van der Waals surface area contributed by atoms with Gasteiger partial charge in [0.15, 0.2) is 11.6 Å². The number of nitrogens with one attached hydrogen (secondary N) is 1. The summed E-state index contributed by atoms with van der Waals surface area (Å²) in [7, 11) is 0. The quantitative estimate of drug-likeness (QED) is 0.897. The van der Waals surface area contributed by atoms with Crippen molar-refractivity contribution < 1.29 is 13.6 Å². The lowest BCUT2D eigenvalue weighted by Gasteiger charge is -2.34. The zero-order valence-electron chi connectivity index (χ0n) is 11.4. The van der Waals surface area contributed by atoms with E-state index in [1.165, 1.54) is 6.07 Å². The molecule has 1 heterocycles. The molecule has 1 aromatic rings. The van der Waals surface area contributed by atoms with Gasteiger partial charge in [-0.2, -0.15) is 0 Å². The molecule has 0 unspecified atom stereocenters. The van der Waals surface area contributed by atoms with Crippen molar-refractivity contribution in [3.8, 4) is 0 Å². The first-order valence-electron chi connectivity index (χ1n) is 7.04. The number of piperazine rings is 1. The van der Waals surface area contributed by atoms with Crippen LogP contribution in [0.15, 0.2) is 18.2 Å². The number of carbonyl (C=O) groups is 1. The molecule has 1 aliphatic carbocycles. The molecule has 0 spiro atoms. The molecule has 2 fully saturated rings. The number of rotatable bonds is 2. The first-order chi connectivity index (χ1) is 9.58. The molecule has 0 radical (unpaired) electrons. The summed E-state index contributed by atoms with van der Waals surface area (Å²) in [4.78, 5) is 14.3. The lowest BCUT2D eigenvalue weighted by atomic mass is 10.1. The normalized spacial score (nSPS) is 29.4. The van der Waals surface area contributed by atoms with E-state index in [-0.39, 0.29) is 23.8 Å². The van der Waals surface area contributed by atoms with Gasteiger partial charge in [0, 0.05) is 31.6 Å². The van der Waals surface area contributed by atoms with Crippen molar-refractivity contribution >= 4 is 5.91 Å². The minimum atomic E-state index is -0.840. The number of nitrogens with zero attached hydrogens (tertiary/aromatic N) is 1. The molecule has 0 aromatic heterocycles. The number of hydrogen-bond donors (Lipinski definition) is 1. The van der Waals surface area contributed by atoms with Crippen LogP contribution in [0.5, 0.6) is 0 Å². The minimum Gasteiger partial charge on any atom is -0.337 e. The van der Waals surface area contributed by atoms with Gasteiger partial charge >= 0.3 is 0 Å². The molecule has 1 amide bonds. The molecule has 5 heteroatoms. The molecular formula is C15H18F2N2O. The van der Waals surface area contributed by atoms with Crippen molar-refractivity contribution in [2.24, 2.45) is 5.92 Å². The van der Waals surface area contributed by atoms with Gasteiger partial charge in [-0.3, -0.25) is 4.79 Å². The largest absolute Gasteiger partial charge is 0.337 e. The first-order valence-corrected chi connectivity index (χ1v) is 7.04. The zero-order chi connectivity index (χ0) is 14.3.